The largest absolute Gasteiger partial charge is 0.490 e. The molecule has 7 heteroatoms. The van der Waals surface area contributed by atoms with Crippen LogP contribution in [0.5, 0.6) is 11.5 Å². The van der Waals surface area contributed by atoms with Crippen molar-refractivity contribution >= 4 is 23.7 Å². The first-order valence-electron chi connectivity index (χ1n) is 9.99. The molecule has 0 fully saturated rings. The number of amides is 1. The van der Waals surface area contributed by atoms with Crippen LogP contribution in [0.4, 0.5) is 0 Å². The second-order valence-corrected chi connectivity index (χ2v) is 7.29. The van der Waals surface area contributed by atoms with E-state index in [1.807, 2.05) is 32.0 Å². The summed E-state index contributed by atoms with van der Waals surface area (Å²) in [6, 6.07) is 19.9. The number of hydrogen-bond donors (Lipinski definition) is 1. The normalized spacial score (nSPS) is 10.6. The maximum atomic E-state index is 12.3. The molecule has 0 aliphatic carbocycles. The number of benzene rings is 3. The van der Waals surface area contributed by atoms with Crippen LogP contribution in [-0.2, 0) is 6.61 Å². The fourth-order valence-electron chi connectivity index (χ4n) is 3.00. The van der Waals surface area contributed by atoms with Gasteiger partial charge in [0.2, 0.25) is 0 Å². The van der Waals surface area contributed by atoms with Gasteiger partial charge in [0.05, 0.1) is 29.5 Å². The highest BCUT2D eigenvalue weighted by Gasteiger charge is 2.13. The van der Waals surface area contributed by atoms with E-state index in [4.69, 9.17) is 26.3 Å². The van der Waals surface area contributed by atoms with Gasteiger partial charge in [-0.15, -0.1) is 0 Å². The Labute approximate surface area is 192 Å². The molecular formula is C25H22ClN3O3. The maximum Gasteiger partial charge on any atom is 0.271 e. The van der Waals surface area contributed by atoms with Crippen molar-refractivity contribution in [2.45, 2.75) is 20.5 Å². The Hall–Kier alpha value is -3.82. The molecule has 3 aromatic rings. The second-order valence-electron chi connectivity index (χ2n) is 6.88. The molecule has 32 heavy (non-hydrogen) atoms. The predicted molar refractivity (Wildman–Crippen MR) is 124 cm³/mol. The van der Waals surface area contributed by atoms with Crippen LogP contribution in [0.3, 0.4) is 0 Å². The van der Waals surface area contributed by atoms with E-state index in [0.29, 0.717) is 39.8 Å². The molecule has 1 amide bonds. The van der Waals surface area contributed by atoms with Crippen molar-refractivity contribution in [2.75, 3.05) is 6.61 Å². The molecule has 162 valence electrons. The van der Waals surface area contributed by atoms with E-state index in [1.165, 1.54) is 6.21 Å². The molecule has 0 atom stereocenters. The first-order valence-corrected chi connectivity index (χ1v) is 10.4. The summed E-state index contributed by atoms with van der Waals surface area (Å²) in [4.78, 5) is 12.3. The topological polar surface area (TPSA) is 83.7 Å². The Balaban J connectivity index is 1.74. The highest BCUT2D eigenvalue weighted by molar-refractivity contribution is 6.32. The lowest BCUT2D eigenvalue weighted by molar-refractivity contribution is 0.0954. The summed E-state index contributed by atoms with van der Waals surface area (Å²) in [5, 5.41) is 13.4. The minimum Gasteiger partial charge on any atom is -0.490 e. The predicted octanol–water partition coefficient (Wildman–Crippen LogP) is 5.26. The number of rotatable bonds is 8. The van der Waals surface area contributed by atoms with Crippen LogP contribution in [0, 0.1) is 18.3 Å². The van der Waals surface area contributed by atoms with Crippen LogP contribution in [0.15, 0.2) is 65.8 Å². The Bertz CT molecular complexity index is 1190. The summed E-state index contributed by atoms with van der Waals surface area (Å²) < 4.78 is 11.6. The highest BCUT2D eigenvalue weighted by Crippen LogP contribution is 2.37. The molecular weight excluding hydrogens is 426 g/mol. The van der Waals surface area contributed by atoms with Crippen LogP contribution in [-0.4, -0.2) is 18.7 Å². The molecule has 3 aromatic carbocycles. The van der Waals surface area contributed by atoms with Crippen molar-refractivity contribution in [3.63, 3.8) is 0 Å². The Morgan fingerprint density at radius 2 is 1.97 bits per heavy atom. The standard InChI is InChI=1S/C25H22ClN3O3/c1-3-31-23-13-20(15-28-29-25(30)21-10-5-4-7-17(21)2)12-22(26)24(23)32-16-19-9-6-8-18(11-19)14-27/h4-13,15H,3,16H2,1-2H3,(H,29,30)/b28-15+. The summed E-state index contributed by atoms with van der Waals surface area (Å²) in [5.41, 5.74) is 5.98. The van der Waals surface area contributed by atoms with Gasteiger partial charge in [0.25, 0.3) is 5.91 Å². The molecule has 0 spiro atoms. The van der Waals surface area contributed by atoms with Crippen LogP contribution < -0.4 is 14.9 Å². The smallest absolute Gasteiger partial charge is 0.271 e. The third kappa shape index (κ3) is 5.87. The van der Waals surface area contributed by atoms with E-state index in [-0.39, 0.29) is 12.5 Å². The van der Waals surface area contributed by atoms with Gasteiger partial charge in [0.1, 0.15) is 6.61 Å². The van der Waals surface area contributed by atoms with Gasteiger partial charge in [-0.05, 0) is 60.9 Å². The monoisotopic (exact) mass is 447 g/mol. The lowest BCUT2D eigenvalue weighted by atomic mass is 10.1. The van der Waals surface area contributed by atoms with E-state index in [9.17, 15) is 4.79 Å². The first-order chi connectivity index (χ1) is 15.5. The summed E-state index contributed by atoms with van der Waals surface area (Å²) >= 11 is 6.45. The minimum absolute atomic E-state index is 0.231. The quantitative estimate of drug-likeness (QED) is 0.377. The Kier molecular flexibility index (Phi) is 7.85. The molecule has 0 bridgehead atoms. The minimum atomic E-state index is -0.296. The lowest BCUT2D eigenvalue weighted by Gasteiger charge is -2.14. The third-order valence-corrected chi connectivity index (χ3v) is 4.82. The van der Waals surface area contributed by atoms with Gasteiger partial charge in [0.15, 0.2) is 11.5 Å². The number of hydrazone groups is 1. The summed E-state index contributed by atoms with van der Waals surface area (Å²) in [5.74, 6) is 0.565. The van der Waals surface area contributed by atoms with E-state index in [2.05, 4.69) is 16.6 Å². The molecule has 1 N–H and O–H groups in total. The summed E-state index contributed by atoms with van der Waals surface area (Å²) in [6.45, 7) is 4.37. The average molecular weight is 448 g/mol. The molecule has 0 aliphatic heterocycles. The number of hydrogen-bond acceptors (Lipinski definition) is 5. The average Bonchev–Trinajstić information content (AvgIpc) is 2.79. The van der Waals surface area contributed by atoms with Gasteiger partial charge in [-0.25, -0.2) is 5.43 Å². The van der Waals surface area contributed by atoms with Crippen molar-refractivity contribution in [3.05, 3.63) is 93.5 Å². The fraction of sp³-hybridized carbons (Fsp3) is 0.160. The fourth-order valence-corrected chi connectivity index (χ4v) is 3.28. The summed E-state index contributed by atoms with van der Waals surface area (Å²) in [7, 11) is 0. The zero-order chi connectivity index (χ0) is 22.9. The number of nitrogens with one attached hydrogen (secondary N) is 1. The molecule has 0 aliphatic rings. The number of aryl methyl sites for hydroxylation is 1. The van der Waals surface area contributed by atoms with Crippen molar-refractivity contribution in [1.82, 2.24) is 5.43 Å². The molecule has 0 unspecified atom stereocenters. The Morgan fingerprint density at radius 1 is 1.16 bits per heavy atom. The van der Waals surface area contributed by atoms with E-state index in [1.54, 1.807) is 42.5 Å². The lowest BCUT2D eigenvalue weighted by Crippen LogP contribution is -2.18. The van der Waals surface area contributed by atoms with Crippen molar-refractivity contribution < 1.29 is 14.3 Å². The van der Waals surface area contributed by atoms with E-state index >= 15 is 0 Å². The van der Waals surface area contributed by atoms with Crippen LogP contribution in [0.25, 0.3) is 0 Å². The SMILES string of the molecule is CCOc1cc(/C=N/NC(=O)c2ccccc2C)cc(Cl)c1OCc1cccc(C#N)c1. The summed E-state index contributed by atoms with van der Waals surface area (Å²) in [6.07, 6.45) is 1.49. The molecule has 0 saturated carbocycles. The van der Waals surface area contributed by atoms with Crippen LogP contribution >= 0.6 is 11.6 Å². The van der Waals surface area contributed by atoms with Gasteiger partial charge >= 0.3 is 0 Å². The van der Waals surface area contributed by atoms with Gasteiger partial charge in [-0.1, -0.05) is 41.9 Å². The molecule has 6 nitrogen and oxygen atoms in total. The van der Waals surface area contributed by atoms with Gasteiger partial charge < -0.3 is 9.47 Å². The number of nitriles is 1. The number of ether oxygens (including phenoxy) is 2. The van der Waals surface area contributed by atoms with E-state index in [0.717, 1.165) is 11.1 Å². The highest BCUT2D eigenvalue weighted by atomic mass is 35.5. The van der Waals surface area contributed by atoms with E-state index < -0.39 is 0 Å². The molecule has 0 heterocycles. The zero-order valence-electron chi connectivity index (χ0n) is 17.8. The van der Waals surface area contributed by atoms with Crippen molar-refractivity contribution in [3.8, 4) is 17.6 Å². The third-order valence-electron chi connectivity index (χ3n) is 4.54. The number of nitrogens with zero attached hydrogens (tertiary/aromatic N) is 2. The van der Waals surface area contributed by atoms with Gasteiger partial charge in [-0.2, -0.15) is 10.4 Å². The number of halogens is 1. The van der Waals surface area contributed by atoms with Crippen molar-refractivity contribution in [1.29, 1.82) is 5.26 Å². The van der Waals surface area contributed by atoms with Crippen LogP contribution in [0.2, 0.25) is 5.02 Å². The number of carbonyl (C=O) groups is 1. The molecule has 3 rings (SSSR count). The van der Waals surface area contributed by atoms with Gasteiger partial charge in [0, 0.05) is 5.56 Å². The first kappa shape index (κ1) is 22.9. The van der Waals surface area contributed by atoms with Gasteiger partial charge in [-0.3, -0.25) is 4.79 Å². The van der Waals surface area contributed by atoms with Crippen LogP contribution in [0.1, 0.15) is 39.5 Å². The zero-order valence-corrected chi connectivity index (χ0v) is 18.5. The molecule has 0 aromatic heterocycles. The number of carbonyl (C=O) groups excluding carboxylic acids is 1. The Morgan fingerprint density at radius 3 is 2.72 bits per heavy atom. The van der Waals surface area contributed by atoms with Crippen molar-refractivity contribution in [2.24, 2.45) is 5.10 Å². The maximum absolute atomic E-state index is 12.3. The second kappa shape index (κ2) is 11.0. The molecule has 0 radical (unpaired) electrons. The molecule has 0 saturated heterocycles.